The summed E-state index contributed by atoms with van der Waals surface area (Å²) in [7, 11) is -3.60. The number of hydrogen-bond acceptors (Lipinski definition) is 3. The fourth-order valence-corrected chi connectivity index (χ4v) is 4.91. The highest BCUT2D eigenvalue weighted by atomic mass is 35.5. The Labute approximate surface area is 129 Å². The van der Waals surface area contributed by atoms with Crippen molar-refractivity contribution in [3.63, 3.8) is 0 Å². The monoisotopic (exact) mass is 336 g/mol. The van der Waals surface area contributed by atoms with Gasteiger partial charge in [-0.15, -0.1) is 0 Å². The molecule has 7 heteroatoms. The molecule has 0 spiro atoms. The zero-order valence-corrected chi connectivity index (χ0v) is 13.8. The largest absolute Gasteiger partial charge is 0.326 e. The lowest BCUT2D eigenvalue weighted by Gasteiger charge is -2.21. The van der Waals surface area contributed by atoms with E-state index < -0.39 is 10.0 Å². The van der Waals surface area contributed by atoms with Crippen LogP contribution in [0.1, 0.15) is 25.8 Å². The molecule has 0 aromatic heterocycles. The summed E-state index contributed by atoms with van der Waals surface area (Å²) in [5.41, 5.74) is 6.04. The Hall–Kier alpha value is -0.330. The van der Waals surface area contributed by atoms with Gasteiger partial charge in [0.1, 0.15) is 4.90 Å². The van der Waals surface area contributed by atoms with Gasteiger partial charge in [0.25, 0.3) is 0 Å². The van der Waals surface area contributed by atoms with E-state index in [1.54, 1.807) is 0 Å². The molecule has 0 unspecified atom stereocenters. The van der Waals surface area contributed by atoms with Crippen molar-refractivity contribution in [3.8, 4) is 0 Å². The fourth-order valence-electron chi connectivity index (χ4n) is 2.37. The van der Waals surface area contributed by atoms with Gasteiger partial charge in [0, 0.05) is 30.2 Å². The molecule has 0 saturated carbocycles. The molecule has 1 aromatic rings. The van der Waals surface area contributed by atoms with Crippen molar-refractivity contribution in [3.05, 3.63) is 27.7 Å². The Morgan fingerprint density at radius 3 is 2.50 bits per heavy atom. The van der Waals surface area contributed by atoms with Gasteiger partial charge >= 0.3 is 0 Å². The molecule has 20 heavy (non-hydrogen) atoms. The van der Waals surface area contributed by atoms with Gasteiger partial charge in [-0.2, -0.15) is 4.31 Å². The van der Waals surface area contributed by atoms with Gasteiger partial charge in [0.2, 0.25) is 10.0 Å². The number of hydrogen-bond donors (Lipinski definition) is 1. The highest BCUT2D eigenvalue weighted by Gasteiger charge is 2.38. The van der Waals surface area contributed by atoms with E-state index in [0.29, 0.717) is 23.7 Å². The van der Waals surface area contributed by atoms with Crippen LogP contribution in [0.15, 0.2) is 17.0 Å². The number of rotatable bonds is 3. The minimum absolute atomic E-state index is 0.0112. The number of benzene rings is 1. The molecule has 0 aliphatic carbocycles. The van der Waals surface area contributed by atoms with Crippen LogP contribution in [0, 0.1) is 5.41 Å². The standard InChI is InChI=1S/C13H18Cl2N2O2S/c1-13(2)5-6-17(8-13)20(18,19)11-4-3-10(14)9(7-16)12(11)15/h3-4H,5-8,16H2,1-2H3. The Balaban J connectivity index is 2.46. The molecule has 1 aromatic carbocycles. The Morgan fingerprint density at radius 1 is 1.35 bits per heavy atom. The summed E-state index contributed by atoms with van der Waals surface area (Å²) in [5.74, 6) is 0. The van der Waals surface area contributed by atoms with E-state index in [-0.39, 0.29) is 21.9 Å². The number of nitrogens with two attached hydrogens (primary N) is 1. The van der Waals surface area contributed by atoms with Gasteiger partial charge in [0.05, 0.1) is 5.02 Å². The van der Waals surface area contributed by atoms with E-state index in [1.807, 2.05) is 0 Å². The van der Waals surface area contributed by atoms with Crippen LogP contribution in [0.4, 0.5) is 0 Å². The molecule has 1 heterocycles. The molecule has 1 aliphatic heterocycles. The lowest BCUT2D eigenvalue weighted by Crippen LogP contribution is -2.30. The lowest BCUT2D eigenvalue weighted by molar-refractivity contribution is 0.375. The van der Waals surface area contributed by atoms with Crippen LogP contribution in [-0.4, -0.2) is 25.8 Å². The van der Waals surface area contributed by atoms with Gasteiger partial charge in [-0.25, -0.2) is 8.42 Å². The molecular formula is C13H18Cl2N2O2S. The summed E-state index contributed by atoms with van der Waals surface area (Å²) in [6.07, 6.45) is 0.835. The molecule has 0 atom stereocenters. The third-order valence-corrected chi connectivity index (χ3v) is 6.40. The maximum atomic E-state index is 12.7. The average molecular weight is 337 g/mol. The molecule has 0 amide bonds. The summed E-state index contributed by atoms with van der Waals surface area (Å²) in [5, 5.41) is 0.517. The minimum atomic E-state index is -3.60. The van der Waals surface area contributed by atoms with E-state index in [0.717, 1.165) is 6.42 Å². The predicted molar refractivity (Wildman–Crippen MR) is 81.5 cm³/mol. The molecule has 2 N–H and O–H groups in total. The van der Waals surface area contributed by atoms with Crippen LogP contribution in [0.25, 0.3) is 0 Å². The summed E-state index contributed by atoms with van der Waals surface area (Å²) in [6, 6.07) is 2.98. The van der Waals surface area contributed by atoms with E-state index in [4.69, 9.17) is 28.9 Å². The van der Waals surface area contributed by atoms with Crippen molar-refractivity contribution >= 4 is 33.2 Å². The Bertz CT molecular complexity index is 630. The van der Waals surface area contributed by atoms with E-state index >= 15 is 0 Å². The molecule has 1 fully saturated rings. The van der Waals surface area contributed by atoms with Crippen LogP contribution < -0.4 is 5.73 Å². The van der Waals surface area contributed by atoms with E-state index in [2.05, 4.69) is 13.8 Å². The highest BCUT2D eigenvalue weighted by Crippen LogP contribution is 2.37. The van der Waals surface area contributed by atoms with E-state index in [9.17, 15) is 8.42 Å². The molecular weight excluding hydrogens is 319 g/mol. The summed E-state index contributed by atoms with van der Waals surface area (Å²) < 4.78 is 26.8. The average Bonchev–Trinajstić information content (AvgIpc) is 2.70. The Morgan fingerprint density at radius 2 is 2.00 bits per heavy atom. The third kappa shape index (κ3) is 2.83. The van der Waals surface area contributed by atoms with Crippen molar-refractivity contribution in [2.75, 3.05) is 13.1 Å². The van der Waals surface area contributed by atoms with Crippen molar-refractivity contribution in [1.29, 1.82) is 0 Å². The van der Waals surface area contributed by atoms with Gasteiger partial charge in [0.15, 0.2) is 0 Å². The maximum absolute atomic E-state index is 12.7. The van der Waals surface area contributed by atoms with Crippen molar-refractivity contribution in [1.82, 2.24) is 4.31 Å². The fraction of sp³-hybridized carbons (Fsp3) is 0.538. The smallest absolute Gasteiger partial charge is 0.244 e. The van der Waals surface area contributed by atoms with Gasteiger partial charge in [-0.1, -0.05) is 37.0 Å². The van der Waals surface area contributed by atoms with Crippen LogP contribution in [0.5, 0.6) is 0 Å². The second-order valence-electron chi connectivity index (χ2n) is 5.79. The minimum Gasteiger partial charge on any atom is -0.326 e. The van der Waals surface area contributed by atoms with Crippen molar-refractivity contribution in [2.24, 2.45) is 11.1 Å². The molecule has 112 valence electrons. The summed E-state index contributed by atoms with van der Waals surface area (Å²) in [6.45, 7) is 5.21. The van der Waals surface area contributed by atoms with Gasteiger partial charge < -0.3 is 5.73 Å². The zero-order valence-electron chi connectivity index (χ0n) is 11.5. The predicted octanol–water partition coefficient (Wildman–Crippen LogP) is 2.87. The zero-order chi connectivity index (χ0) is 15.1. The molecule has 2 rings (SSSR count). The van der Waals surface area contributed by atoms with Crippen LogP contribution in [-0.2, 0) is 16.6 Å². The highest BCUT2D eigenvalue weighted by molar-refractivity contribution is 7.89. The number of halogens is 2. The number of nitrogens with zero attached hydrogens (tertiary/aromatic N) is 1. The van der Waals surface area contributed by atoms with Crippen LogP contribution in [0.3, 0.4) is 0 Å². The van der Waals surface area contributed by atoms with Gasteiger partial charge in [-0.05, 0) is 24.0 Å². The first-order valence-electron chi connectivity index (χ1n) is 6.36. The molecule has 0 radical (unpaired) electrons. The van der Waals surface area contributed by atoms with Gasteiger partial charge in [-0.3, -0.25) is 0 Å². The van der Waals surface area contributed by atoms with E-state index in [1.165, 1.54) is 16.4 Å². The topological polar surface area (TPSA) is 63.4 Å². The maximum Gasteiger partial charge on any atom is 0.244 e. The first-order chi connectivity index (χ1) is 9.19. The second kappa shape index (κ2) is 5.46. The van der Waals surface area contributed by atoms with Crippen molar-refractivity contribution in [2.45, 2.75) is 31.7 Å². The first-order valence-corrected chi connectivity index (χ1v) is 8.56. The molecule has 4 nitrogen and oxygen atoms in total. The van der Waals surface area contributed by atoms with Crippen LogP contribution >= 0.6 is 23.2 Å². The summed E-state index contributed by atoms with van der Waals surface area (Å²) in [4.78, 5) is 0.0849. The SMILES string of the molecule is CC1(C)CCN(S(=O)(=O)c2ccc(Cl)c(CN)c2Cl)C1. The second-order valence-corrected chi connectivity index (χ2v) is 8.49. The first kappa shape index (κ1) is 16.0. The normalized spacial score (nSPS) is 19.4. The quantitative estimate of drug-likeness (QED) is 0.922. The Kier molecular flexibility index (Phi) is 4.38. The molecule has 1 aliphatic rings. The summed E-state index contributed by atoms with van der Waals surface area (Å²) >= 11 is 12.2. The molecule has 1 saturated heterocycles. The number of sulfonamides is 1. The lowest BCUT2D eigenvalue weighted by atomic mass is 9.93. The molecule has 0 bridgehead atoms. The third-order valence-electron chi connectivity index (χ3n) is 3.61. The van der Waals surface area contributed by atoms with Crippen molar-refractivity contribution < 1.29 is 8.42 Å². The van der Waals surface area contributed by atoms with Crippen LogP contribution in [0.2, 0.25) is 10.0 Å².